The molecule has 0 radical (unpaired) electrons. The third-order valence-electron chi connectivity index (χ3n) is 8.74. The van der Waals surface area contributed by atoms with Gasteiger partial charge in [-0.15, -0.1) is 0 Å². The third kappa shape index (κ3) is 3.44. The van der Waals surface area contributed by atoms with Crippen LogP contribution < -0.4 is 9.80 Å². The monoisotopic (exact) mass is 526 g/mol. The highest BCUT2D eigenvalue weighted by Gasteiger charge is 2.43. The van der Waals surface area contributed by atoms with Crippen LogP contribution in [0.2, 0.25) is 0 Å². The molecule has 0 saturated heterocycles. The summed E-state index contributed by atoms with van der Waals surface area (Å²) in [5.41, 5.74) is 14.8. The second kappa shape index (κ2) is 8.97. The van der Waals surface area contributed by atoms with Crippen molar-refractivity contribution in [2.45, 2.75) is 19.3 Å². The van der Waals surface area contributed by atoms with E-state index in [0.717, 1.165) is 17.1 Å². The van der Waals surface area contributed by atoms with E-state index in [-0.39, 0.29) is 5.41 Å². The van der Waals surface area contributed by atoms with Crippen molar-refractivity contribution in [2.24, 2.45) is 0 Å². The molecule has 0 saturated carbocycles. The van der Waals surface area contributed by atoms with Crippen LogP contribution in [0.15, 0.2) is 146 Å². The molecule has 1 heterocycles. The summed E-state index contributed by atoms with van der Waals surface area (Å²) in [6, 6.07) is 52.8. The molecule has 0 spiro atoms. The smallest absolute Gasteiger partial charge is 0.0791 e. The van der Waals surface area contributed by atoms with Gasteiger partial charge in [0, 0.05) is 27.9 Å². The van der Waals surface area contributed by atoms with Crippen LogP contribution in [0.1, 0.15) is 25.0 Å². The summed E-state index contributed by atoms with van der Waals surface area (Å²) < 4.78 is 0. The number of hydrogen-bond acceptors (Lipinski definition) is 2. The van der Waals surface area contributed by atoms with Crippen molar-refractivity contribution < 1.29 is 0 Å². The Morgan fingerprint density at radius 2 is 0.927 bits per heavy atom. The first-order valence-electron chi connectivity index (χ1n) is 14.3. The van der Waals surface area contributed by atoms with Crippen molar-refractivity contribution in [3.05, 3.63) is 157 Å². The minimum atomic E-state index is -0.138. The Labute approximate surface area is 241 Å². The number of rotatable bonds is 3. The summed E-state index contributed by atoms with van der Waals surface area (Å²) in [6.07, 6.45) is 0. The maximum atomic E-state index is 2.49. The Bertz CT molecular complexity index is 1910. The number of fused-ring (bicyclic) bond motifs is 6. The van der Waals surface area contributed by atoms with E-state index in [1.54, 1.807) is 0 Å². The lowest BCUT2D eigenvalue weighted by Crippen LogP contribution is -2.26. The van der Waals surface area contributed by atoms with E-state index in [9.17, 15) is 0 Å². The molecule has 0 N–H and O–H groups in total. The summed E-state index contributed by atoms with van der Waals surface area (Å²) >= 11 is 0. The zero-order chi connectivity index (χ0) is 27.6. The Hall–Kier alpha value is -5.08. The maximum absolute atomic E-state index is 2.49. The van der Waals surface area contributed by atoms with Gasteiger partial charge < -0.3 is 9.80 Å². The predicted octanol–water partition coefficient (Wildman–Crippen LogP) is 10.9. The lowest BCUT2D eigenvalue weighted by atomic mass is 9.80. The fourth-order valence-corrected chi connectivity index (χ4v) is 6.87. The van der Waals surface area contributed by atoms with Gasteiger partial charge in [-0.2, -0.15) is 0 Å². The van der Waals surface area contributed by atoms with E-state index >= 15 is 0 Å². The summed E-state index contributed by atoms with van der Waals surface area (Å²) in [5.74, 6) is 0. The molecule has 2 heteroatoms. The Morgan fingerprint density at radius 3 is 1.54 bits per heavy atom. The van der Waals surface area contributed by atoms with Gasteiger partial charge >= 0.3 is 0 Å². The zero-order valence-corrected chi connectivity index (χ0v) is 23.3. The number of anilines is 6. The molecule has 6 aromatic carbocycles. The summed E-state index contributed by atoms with van der Waals surface area (Å²) in [6.45, 7) is 4.74. The van der Waals surface area contributed by atoms with Crippen LogP contribution in [-0.2, 0) is 5.41 Å². The molecule has 0 atom stereocenters. The van der Waals surface area contributed by atoms with Crippen molar-refractivity contribution in [2.75, 3.05) is 9.80 Å². The summed E-state index contributed by atoms with van der Waals surface area (Å²) in [4.78, 5) is 4.97. The largest absolute Gasteiger partial charge is 0.306 e. The molecule has 0 aromatic heterocycles. The molecule has 1 aliphatic carbocycles. The highest BCUT2D eigenvalue weighted by atomic mass is 15.3. The SMILES string of the molecule is CC1(C)c2ccccc2-c2c1cc(-c1ccccc1)c1c2N(c2ccccc2)c2ccccc2N1c1ccccc1. The molecule has 0 fully saturated rings. The van der Waals surface area contributed by atoms with Crippen molar-refractivity contribution >= 4 is 34.1 Å². The summed E-state index contributed by atoms with van der Waals surface area (Å²) in [5, 5.41) is 0. The van der Waals surface area contributed by atoms with Crippen LogP contribution >= 0.6 is 0 Å². The van der Waals surface area contributed by atoms with Crippen LogP contribution in [0, 0.1) is 0 Å². The molecule has 6 aromatic rings. The molecule has 41 heavy (non-hydrogen) atoms. The van der Waals surface area contributed by atoms with Crippen LogP contribution in [-0.4, -0.2) is 0 Å². The van der Waals surface area contributed by atoms with E-state index in [4.69, 9.17) is 0 Å². The number of nitrogens with zero attached hydrogens (tertiary/aromatic N) is 2. The van der Waals surface area contributed by atoms with Crippen LogP contribution in [0.25, 0.3) is 22.3 Å². The zero-order valence-electron chi connectivity index (χ0n) is 23.3. The highest BCUT2D eigenvalue weighted by Crippen LogP contribution is 2.64. The normalized spacial score (nSPS) is 14.2. The minimum absolute atomic E-state index is 0.138. The molecule has 0 amide bonds. The second-order valence-electron chi connectivity index (χ2n) is 11.4. The van der Waals surface area contributed by atoms with Gasteiger partial charge in [0.1, 0.15) is 0 Å². The van der Waals surface area contributed by atoms with Gasteiger partial charge in [0.15, 0.2) is 0 Å². The molecule has 1 aliphatic heterocycles. The molecular formula is C39H30N2. The first-order valence-corrected chi connectivity index (χ1v) is 14.3. The fraction of sp³-hybridized carbons (Fsp3) is 0.0769. The Balaban J connectivity index is 1.60. The lowest BCUT2D eigenvalue weighted by molar-refractivity contribution is 0.660. The van der Waals surface area contributed by atoms with Crippen LogP contribution in [0.5, 0.6) is 0 Å². The first kappa shape index (κ1) is 23.8. The van der Waals surface area contributed by atoms with E-state index in [2.05, 4.69) is 169 Å². The molecule has 196 valence electrons. The fourth-order valence-electron chi connectivity index (χ4n) is 6.87. The van der Waals surface area contributed by atoms with E-state index in [0.29, 0.717) is 0 Å². The predicted molar refractivity (Wildman–Crippen MR) is 172 cm³/mol. The van der Waals surface area contributed by atoms with Gasteiger partial charge in [0.25, 0.3) is 0 Å². The maximum Gasteiger partial charge on any atom is 0.0791 e. The van der Waals surface area contributed by atoms with Crippen molar-refractivity contribution in [1.29, 1.82) is 0 Å². The Morgan fingerprint density at radius 1 is 0.439 bits per heavy atom. The van der Waals surface area contributed by atoms with Gasteiger partial charge in [0.2, 0.25) is 0 Å². The van der Waals surface area contributed by atoms with Gasteiger partial charge in [0.05, 0.1) is 22.7 Å². The molecule has 2 aliphatic rings. The first-order chi connectivity index (χ1) is 20.1. The number of benzene rings is 6. The average Bonchev–Trinajstić information content (AvgIpc) is 3.27. The Kier molecular flexibility index (Phi) is 5.20. The van der Waals surface area contributed by atoms with Crippen molar-refractivity contribution in [3.63, 3.8) is 0 Å². The number of hydrogen-bond donors (Lipinski definition) is 0. The van der Waals surface area contributed by atoms with Crippen molar-refractivity contribution in [3.8, 4) is 22.3 Å². The van der Waals surface area contributed by atoms with Gasteiger partial charge in [-0.25, -0.2) is 0 Å². The highest BCUT2D eigenvalue weighted by molar-refractivity contribution is 6.13. The second-order valence-corrected chi connectivity index (χ2v) is 11.4. The molecule has 0 unspecified atom stereocenters. The van der Waals surface area contributed by atoms with Gasteiger partial charge in [-0.3, -0.25) is 0 Å². The standard InChI is InChI=1S/C39H30N2/c1-39(2)32-23-13-12-22-30(32)36-33(39)26-31(27-16-6-3-7-17-27)37-38(36)41(29-20-10-5-11-21-29)35-25-15-14-24-34(35)40(37)28-18-8-4-9-19-28/h3-26H,1-2H3. The van der Waals surface area contributed by atoms with Gasteiger partial charge in [-0.05, 0) is 64.7 Å². The average molecular weight is 527 g/mol. The van der Waals surface area contributed by atoms with Gasteiger partial charge in [-0.1, -0.05) is 117 Å². The number of para-hydroxylation sites is 4. The molecule has 2 nitrogen and oxygen atoms in total. The van der Waals surface area contributed by atoms with Crippen LogP contribution in [0.3, 0.4) is 0 Å². The van der Waals surface area contributed by atoms with E-state index < -0.39 is 0 Å². The van der Waals surface area contributed by atoms with Crippen molar-refractivity contribution in [1.82, 2.24) is 0 Å². The minimum Gasteiger partial charge on any atom is -0.306 e. The molecular weight excluding hydrogens is 496 g/mol. The molecule has 0 bridgehead atoms. The quantitative estimate of drug-likeness (QED) is 0.226. The topological polar surface area (TPSA) is 6.48 Å². The van der Waals surface area contributed by atoms with E-state index in [1.165, 1.54) is 50.4 Å². The third-order valence-corrected chi connectivity index (χ3v) is 8.74. The molecule has 8 rings (SSSR count). The lowest BCUT2D eigenvalue weighted by Gasteiger charge is -2.43. The van der Waals surface area contributed by atoms with E-state index in [1.807, 2.05) is 0 Å². The summed E-state index contributed by atoms with van der Waals surface area (Å²) in [7, 11) is 0. The van der Waals surface area contributed by atoms with Crippen LogP contribution in [0.4, 0.5) is 34.1 Å².